The van der Waals surface area contributed by atoms with Crippen LogP contribution in [0.2, 0.25) is 5.02 Å². The molecule has 0 saturated carbocycles. The van der Waals surface area contributed by atoms with E-state index in [1.807, 2.05) is 0 Å². The van der Waals surface area contributed by atoms with E-state index < -0.39 is 0 Å². The molecule has 0 radical (unpaired) electrons. The lowest BCUT2D eigenvalue weighted by Crippen LogP contribution is -2.13. The average Bonchev–Trinajstić information content (AvgIpc) is 2.83. The number of phenolic OH excluding ortho intramolecular Hbond substituents is 1. The first-order chi connectivity index (χ1) is 9.47. The van der Waals surface area contributed by atoms with Gasteiger partial charge in [-0.05, 0) is 31.2 Å². The number of phenols is 1. The van der Waals surface area contributed by atoms with E-state index in [9.17, 15) is 14.7 Å². The Morgan fingerprint density at radius 2 is 2.05 bits per heavy atom. The summed E-state index contributed by atoms with van der Waals surface area (Å²) >= 11 is 7.05. The van der Waals surface area contributed by atoms with E-state index in [0.717, 1.165) is 4.88 Å². The summed E-state index contributed by atoms with van der Waals surface area (Å²) in [4.78, 5) is 24.5. The number of carbonyl (C=O) groups is 2. The molecule has 6 heteroatoms. The lowest BCUT2D eigenvalue weighted by Gasteiger charge is -2.07. The van der Waals surface area contributed by atoms with Gasteiger partial charge in [0.1, 0.15) is 0 Å². The van der Waals surface area contributed by atoms with Crippen LogP contribution in [-0.4, -0.2) is 16.8 Å². The zero-order valence-corrected chi connectivity index (χ0v) is 12.2. The average molecular weight is 310 g/mol. The van der Waals surface area contributed by atoms with Gasteiger partial charge in [-0.2, -0.15) is 0 Å². The third-order valence-corrected chi connectivity index (χ3v) is 4.10. The van der Waals surface area contributed by atoms with Crippen LogP contribution >= 0.6 is 22.9 Å². The Balaban J connectivity index is 2.05. The monoisotopic (exact) mass is 309 g/mol. The van der Waals surface area contributed by atoms with Gasteiger partial charge < -0.3 is 10.4 Å². The van der Waals surface area contributed by atoms with Crippen LogP contribution < -0.4 is 5.32 Å². The van der Waals surface area contributed by atoms with Gasteiger partial charge in [0, 0.05) is 4.88 Å². The number of aromatic hydroxyl groups is 1. The number of ketones is 1. The minimum atomic E-state index is -0.278. The molecule has 2 rings (SSSR count). The highest BCUT2D eigenvalue weighted by atomic mass is 35.5. The van der Waals surface area contributed by atoms with E-state index >= 15 is 0 Å². The van der Waals surface area contributed by atoms with Gasteiger partial charge in [-0.1, -0.05) is 17.7 Å². The molecule has 0 unspecified atom stereocenters. The van der Waals surface area contributed by atoms with Crippen molar-refractivity contribution in [1.82, 2.24) is 0 Å². The van der Waals surface area contributed by atoms with Gasteiger partial charge in [0.15, 0.2) is 11.5 Å². The van der Waals surface area contributed by atoms with Crippen LogP contribution in [0.3, 0.4) is 0 Å². The number of thiophene rings is 1. The molecule has 0 atom stereocenters. The number of rotatable bonds is 4. The molecule has 1 heterocycles. The molecule has 1 amide bonds. The lowest BCUT2D eigenvalue weighted by molar-refractivity contribution is -0.115. The Hall–Kier alpha value is -1.85. The topological polar surface area (TPSA) is 66.4 Å². The van der Waals surface area contributed by atoms with Crippen LogP contribution in [0.5, 0.6) is 5.75 Å². The maximum absolute atomic E-state index is 11.9. The number of hydrogen-bond donors (Lipinski definition) is 2. The Bertz CT molecular complexity index is 666. The summed E-state index contributed by atoms with van der Waals surface area (Å²) in [6, 6.07) is 8.18. The Morgan fingerprint density at radius 1 is 1.30 bits per heavy atom. The molecule has 0 fully saturated rings. The Morgan fingerprint density at radius 3 is 2.70 bits per heavy atom. The first-order valence-corrected chi connectivity index (χ1v) is 7.04. The van der Waals surface area contributed by atoms with E-state index in [-0.39, 0.29) is 34.6 Å². The summed E-state index contributed by atoms with van der Waals surface area (Å²) in [7, 11) is 0. The van der Waals surface area contributed by atoms with E-state index in [1.165, 1.54) is 24.3 Å². The first-order valence-electron chi connectivity index (χ1n) is 5.84. The zero-order chi connectivity index (χ0) is 14.7. The SMILES string of the molecule is CC(=O)c1ccc(CC(=O)Nc2cccc(Cl)c2O)s1. The van der Waals surface area contributed by atoms with Crippen LogP contribution in [0.4, 0.5) is 5.69 Å². The van der Waals surface area contributed by atoms with Gasteiger partial charge in [0.05, 0.1) is 22.0 Å². The molecule has 1 aromatic heterocycles. The molecule has 0 bridgehead atoms. The number of anilines is 1. The highest BCUT2D eigenvalue weighted by Gasteiger charge is 2.11. The first kappa shape index (κ1) is 14.6. The quantitative estimate of drug-likeness (QED) is 0.671. The third kappa shape index (κ3) is 3.37. The highest BCUT2D eigenvalue weighted by molar-refractivity contribution is 7.14. The van der Waals surface area contributed by atoms with Crippen molar-refractivity contribution in [1.29, 1.82) is 0 Å². The zero-order valence-electron chi connectivity index (χ0n) is 10.6. The number of benzene rings is 1. The van der Waals surface area contributed by atoms with Gasteiger partial charge in [-0.25, -0.2) is 0 Å². The van der Waals surface area contributed by atoms with E-state index in [1.54, 1.807) is 24.3 Å². The third-order valence-electron chi connectivity index (χ3n) is 2.60. The fourth-order valence-electron chi connectivity index (χ4n) is 1.63. The van der Waals surface area contributed by atoms with E-state index in [4.69, 9.17) is 11.6 Å². The van der Waals surface area contributed by atoms with Crippen molar-refractivity contribution in [2.75, 3.05) is 5.32 Å². The minimum absolute atomic E-state index is 0.0193. The van der Waals surface area contributed by atoms with Crippen LogP contribution in [-0.2, 0) is 11.2 Å². The van der Waals surface area contributed by atoms with Crippen LogP contribution in [0, 0.1) is 0 Å². The van der Waals surface area contributed by atoms with Crippen molar-refractivity contribution in [3.8, 4) is 5.75 Å². The molecule has 2 aromatic rings. The second-order valence-corrected chi connectivity index (χ2v) is 5.76. The fourth-order valence-corrected chi connectivity index (χ4v) is 2.71. The van der Waals surface area contributed by atoms with Crippen molar-refractivity contribution in [3.05, 3.63) is 45.1 Å². The molecular weight excluding hydrogens is 298 g/mol. The molecule has 20 heavy (non-hydrogen) atoms. The van der Waals surface area contributed by atoms with Crippen LogP contribution in [0.1, 0.15) is 21.5 Å². The predicted molar refractivity (Wildman–Crippen MR) is 79.8 cm³/mol. The van der Waals surface area contributed by atoms with E-state index in [0.29, 0.717) is 4.88 Å². The normalized spacial score (nSPS) is 10.3. The second kappa shape index (κ2) is 6.07. The Labute approximate surface area is 125 Å². The standard InChI is InChI=1S/C14H12ClNO3S/c1-8(17)12-6-5-9(20-12)7-13(18)16-11-4-2-3-10(15)14(11)19/h2-6,19H,7H2,1H3,(H,16,18). The molecule has 104 valence electrons. The maximum atomic E-state index is 11.9. The highest BCUT2D eigenvalue weighted by Crippen LogP contribution is 2.31. The molecule has 0 aliphatic heterocycles. The van der Waals surface area contributed by atoms with Crippen LogP contribution in [0.25, 0.3) is 0 Å². The van der Waals surface area contributed by atoms with Crippen LogP contribution in [0.15, 0.2) is 30.3 Å². The summed E-state index contributed by atoms with van der Waals surface area (Å²) in [5.74, 6) is -0.452. The minimum Gasteiger partial charge on any atom is -0.504 e. The van der Waals surface area contributed by atoms with E-state index in [2.05, 4.69) is 5.32 Å². The summed E-state index contributed by atoms with van der Waals surface area (Å²) < 4.78 is 0. The van der Waals surface area contributed by atoms with Gasteiger partial charge in [0.2, 0.25) is 5.91 Å². The van der Waals surface area contributed by atoms with Gasteiger partial charge in [-0.15, -0.1) is 11.3 Å². The summed E-state index contributed by atoms with van der Waals surface area (Å²) in [5.41, 5.74) is 0.269. The predicted octanol–water partition coefficient (Wildman–Crippen LogP) is 3.49. The second-order valence-electron chi connectivity index (χ2n) is 4.18. The molecule has 1 aromatic carbocycles. The number of Topliss-reactive ketones (excluding diaryl/α,β-unsaturated/α-hetero) is 1. The van der Waals surface area contributed by atoms with Crippen molar-refractivity contribution < 1.29 is 14.7 Å². The molecular formula is C14H12ClNO3S. The molecule has 0 saturated heterocycles. The van der Waals surface area contributed by atoms with Crippen molar-refractivity contribution >= 4 is 40.3 Å². The fraction of sp³-hybridized carbons (Fsp3) is 0.143. The number of amides is 1. The summed E-state index contributed by atoms with van der Waals surface area (Å²) in [6.07, 6.45) is 0.143. The maximum Gasteiger partial charge on any atom is 0.229 e. The van der Waals surface area contributed by atoms with Crippen molar-refractivity contribution in [2.24, 2.45) is 0 Å². The molecule has 4 nitrogen and oxygen atoms in total. The van der Waals surface area contributed by atoms with Gasteiger partial charge in [0.25, 0.3) is 0 Å². The lowest BCUT2D eigenvalue weighted by atomic mass is 10.2. The smallest absolute Gasteiger partial charge is 0.229 e. The number of nitrogens with one attached hydrogen (secondary N) is 1. The molecule has 0 aliphatic rings. The molecule has 2 N–H and O–H groups in total. The van der Waals surface area contributed by atoms with Crippen molar-refractivity contribution in [3.63, 3.8) is 0 Å². The largest absolute Gasteiger partial charge is 0.504 e. The number of halogens is 1. The number of carbonyl (C=O) groups excluding carboxylic acids is 2. The van der Waals surface area contributed by atoms with Gasteiger partial charge in [-0.3, -0.25) is 9.59 Å². The molecule has 0 spiro atoms. The van der Waals surface area contributed by atoms with Crippen molar-refractivity contribution in [2.45, 2.75) is 13.3 Å². The molecule has 0 aliphatic carbocycles. The summed E-state index contributed by atoms with van der Waals surface area (Å²) in [5, 5.41) is 12.5. The summed E-state index contributed by atoms with van der Waals surface area (Å²) in [6.45, 7) is 1.49. The van der Waals surface area contributed by atoms with Gasteiger partial charge >= 0.3 is 0 Å². The number of hydrogen-bond acceptors (Lipinski definition) is 4. The Kier molecular flexibility index (Phi) is 4.42. The number of para-hydroxylation sites is 1.